The van der Waals surface area contributed by atoms with Gasteiger partial charge in [0.05, 0.1) is 12.6 Å². The molecule has 0 saturated carbocycles. The number of rotatable bonds is 5. The molecule has 1 aromatic heterocycles. The molecule has 0 saturated heterocycles. The molecule has 0 aliphatic carbocycles. The first-order valence-corrected chi connectivity index (χ1v) is 7.28. The van der Waals surface area contributed by atoms with Gasteiger partial charge in [-0.05, 0) is 18.1 Å². The molecule has 5 nitrogen and oxygen atoms in total. The molecule has 2 aromatic rings. The van der Waals surface area contributed by atoms with E-state index in [4.69, 9.17) is 9.47 Å². The highest BCUT2D eigenvalue weighted by atomic mass is 16.7. The number of aromatic nitrogens is 1. The van der Waals surface area contributed by atoms with Crippen LogP contribution < -0.4 is 5.32 Å². The van der Waals surface area contributed by atoms with Crippen LogP contribution in [0.15, 0.2) is 24.3 Å². The monoisotopic (exact) mass is 290 g/mol. The predicted octanol–water partition coefficient (Wildman–Crippen LogP) is 1.72. The molecule has 3 N–H and O–H groups in total. The third-order valence-electron chi connectivity index (χ3n) is 4.26. The lowest BCUT2D eigenvalue weighted by Crippen LogP contribution is -2.43. The Morgan fingerprint density at radius 2 is 2.05 bits per heavy atom. The van der Waals surface area contributed by atoms with E-state index in [9.17, 15) is 5.11 Å². The molecule has 0 bridgehead atoms. The molecule has 1 aliphatic heterocycles. The van der Waals surface area contributed by atoms with Crippen LogP contribution in [0.5, 0.6) is 0 Å². The van der Waals surface area contributed by atoms with Crippen LogP contribution in [0.3, 0.4) is 0 Å². The number of nitrogens with one attached hydrogen (secondary N) is 2. The van der Waals surface area contributed by atoms with Crippen molar-refractivity contribution in [1.29, 1.82) is 0 Å². The average Bonchev–Trinajstić information content (AvgIpc) is 2.91. The van der Waals surface area contributed by atoms with Crippen molar-refractivity contribution in [1.82, 2.24) is 10.3 Å². The molecule has 0 radical (unpaired) electrons. The standard InChI is InChI=1S/C16H22N2O3/c1-20-15(21-2)8-14-16-12(7-10(9-19)17-14)11-5-3-4-6-13(11)18-16/h3-6,10,14-15,17-19H,7-9H2,1-2H3. The zero-order chi connectivity index (χ0) is 14.8. The van der Waals surface area contributed by atoms with Crippen LogP contribution in [0, 0.1) is 0 Å². The maximum Gasteiger partial charge on any atom is 0.158 e. The maximum absolute atomic E-state index is 9.56. The molecule has 3 rings (SSSR count). The quantitative estimate of drug-likeness (QED) is 0.734. The second kappa shape index (κ2) is 6.15. The smallest absolute Gasteiger partial charge is 0.158 e. The van der Waals surface area contributed by atoms with Gasteiger partial charge in [-0.2, -0.15) is 0 Å². The average molecular weight is 290 g/mol. The van der Waals surface area contributed by atoms with E-state index in [1.807, 2.05) is 6.07 Å². The lowest BCUT2D eigenvalue weighted by molar-refractivity contribution is -0.112. The van der Waals surface area contributed by atoms with Crippen LogP contribution >= 0.6 is 0 Å². The summed E-state index contributed by atoms with van der Waals surface area (Å²) < 4.78 is 10.6. The Morgan fingerprint density at radius 1 is 1.29 bits per heavy atom. The van der Waals surface area contributed by atoms with Gasteiger partial charge in [-0.1, -0.05) is 18.2 Å². The number of hydrogen-bond donors (Lipinski definition) is 3. The molecule has 5 heteroatoms. The molecule has 21 heavy (non-hydrogen) atoms. The minimum absolute atomic E-state index is 0.0658. The topological polar surface area (TPSA) is 66.5 Å². The van der Waals surface area contributed by atoms with Gasteiger partial charge >= 0.3 is 0 Å². The van der Waals surface area contributed by atoms with Crippen molar-refractivity contribution >= 4 is 10.9 Å². The molecule has 0 spiro atoms. The number of methoxy groups -OCH3 is 2. The molecular weight excluding hydrogens is 268 g/mol. The largest absolute Gasteiger partial charge is 0.395 e. The van der Waals surface area contributed by atoms with E-state index in [1.54, 1.807) is 14.2 Å². The summed E-state index contributed by atoms with van der Waals surface area (Å²) in [6.45, 7) is 0.125. The van der Waals surface area contributed by atoms with Crippen molar-refractivity contribution in [3.63, 3.8) is 0 Å². The van der Waals surface area contributed by atoms with Crippen molar-refractivity contribution in [2.75, 3.05) is 20.8 Å². The lowest BCUT2D eigenvalue weighted by atomic mass is 9.92. The number of aliphatic hydroxyl groups excluding tert-OH is 1. The first kappa shape index (κ1) is 14.5. The van der Waals surface area contributed by atoms with Gasteiger partial charge in [0.25, 0.3) is 0 Å². The van der Waals surface area contributed by atoms with E-state index in [2.05, 4.69) is 28.5 Å². The van der Waals surface area contributed by atoms with Gasteiger partial charge in [0.15, 0.2) is 6.29 Å². The summed E-state index contributed by atoms with van der Waals surface area (Å²) in [5.74, 6) is 0. The van der Waals surface area contributed by atoms with Crippen LogP contribution in [-0.2, 0) is 15.9 Å². The van der Waals surface area contributed by atoms with Crippen LogP contribution in [0.4, 0.5) is 0 Å². The Kier molecular flexibility index (Phi) is 4.26. The minimum Gasteiger partial charge on any atom is -0.395 e. The third kappa shape index (κ3) is 2.70. The summed E-state index contributed by atoms with van der Waals surface area (Å²) in [7, 11) is 3.29. The first-order chi connectivity index (χ1) is 10.3. The highest BCUT2D eigenvalue weighted by molar-refractivity contribution is 5.85. The Morgan fingerprint density at radius 3 is 2.76 bits per heavy atom. The second-order valence-electron chi connectivity index (χ2n) is 5.50. The van der Waals surface area contributed by atoms with Crippen molar-refractivity contribution in [2.24, 2.45) is 0 Å². The fourth-order valence-electron chi connectivity index (χ4n) is 3.20. The number of fused-ring (bicyclic) bond motifs is 3. The van der Waals surface area contributed by atoms with Gasteiger partial charge in [-0.15, -0.1) is 0 Å². The van der Waals surface area contributed by atoms with Crippen molar-refractivity contribution in [2.45, 2.75) is 31.2 Å². The van der Waals surface area contributed by atoms with E-state index >= 15 is 0 Å². The van der Waals surface area contributed by atoms with E-state index < -0.39 is 0 Å². The number of hydrogen-bond acceptors (Lipinski definition) is 4. The highest BCUT2D eigenvalue weighted by Gasteiger charge is 2.30. The molecular formula is C16H22N2O3. The molecule has 2 heterocycles. The van der Waals surface area contributed by atoms with E-state index in [1.165, 1.54) is 16.6 Å². The molecule has 1 aliphatic rings. The van der Waals surface area contributed by atoms with Gasteiger partial charge in [-0.3, -0.25) is 0 Å². The summed E-state index contributed by atoms with van der Waals surface area (Å²) in [5.41, 5.74) is 3.61. The van der Waals surface area contributed by atoms with E-state index in [0.717, 1.165) is 11.9 Å². The zero-order valence-corrected chi connectivity index (χ0v) is 12.4. The summed E-state index contributed by atoms with van der Waals surface area (Å²) in [6, 6.07) is 8.45. The van der Waals surface area contributed by atoms with Crippen molar-refractivity contribution in [3.05, 3.63) is 35.5 Å². The maximum atomic E-state index is 9.56. The molecule has 2 unspecified atom stereocenters. The van der Waals surface area contributed by atoms with E-state index in [0.29, 0.717) is 6.42 Å². The summed E-state index contributed by atoms with van der Waals surface area (Å²) in [4.78, 5) is 3.51. The van der Waals surface area contributed by atoms with Gasteiger partial charge < -0.3 is 24.9 Å². The van der Waals surface area contributed by atoms with Crippen LogP contribution in [0.25, 0.3) is 10.9 Å². The van der Waals surface area contributed by atoms with Gasteiger partial charge in [-0.25, -0.2) is 0 Å². The SMILES string of the molecule is COC(CC1NC(CO)Cc2c1[nH]c1ccccc21)OC. The van der Waals surface area contributed by atoms with Crippen LogP contribution in [0.2, 0.25) is 0 Å². The minimum atomic E-state index is -0.265. The Labute approximate surface area is 124 Å². The molecule has 0 fully saturated rings. The van der Waals surface area contributed by atoms with Crippen LogP contribution in [0.1, 0.15) is 23.7 Å². The molecule has 1 aromatic carbocycles. The third-order valence-corrected chi connectivity index (χ3v) is 4.26. The first-order valence-electron chi connectivity index (χ1n) is 7.28. The molecule has 114 valence electrons. The second-order valence-corrected chi connectivity index (χ2v) is 5.50. The molecule has 0 amide bonds. The zero-order valence-electron chi connectivity index (χ0n) is 12.4. The Hall–Kier alpha value is -1.40. The van der Waals surface area contributed by atoms with Crippen molar-refractivity contribution < 1.29 is 14.6 Å². The number of aromatic amines is 1. The summed E-state index contributed by atoms with van der Waals surface area (Å²) in [5, 5.41) is 14.3. The van der Waals surface area contributed by atoms with Crippen molar-refractivity contribution in [3.8, 4) is 0 Å². The number of aliphatic hydroxyl groups is 1. The number of benzene rings is 1. The fourth-order valence-corrected chi connectivity index (χ4v) is 3.20. The highest BCUT2D eigenvalue weighted by Crippen LogP contribution is 2.34. The summed E-state index contributed by atoms with van der Waals surface area (Å²) in [6.07, 6.45) is 1.26. The number of para-hydroxylation sites is 1. The fraction of sp³-hybridized carbons (Fsp3) is 0.500. The van der Waals surface area contributed by atoms with Gasteiger partial charge in [0.1, 0.15) is 0 Å². The normalized spacial score (nSPS) is 21.9. The predicted molar refractivity (Wildman–Crippen MR) is 81.2 cm³/mol. The molecule has 2 atom stereocenters. The van der Waals surface area contributed by atoms with Gasteiger partial charge in [0, 0.05) is 43.3 Å². The van der Waals surface area contributed by atoms with Crippen LogP contribution in [-0.4, -0.2) is 43.2 Å². The Balaban J connectivity index is 1.99. The van der Waals surface area contributed by atoms with E-state index in [-0.39, 0.29) is 25.0 Å². The number of H-pyrrole nitrogens is 1. The lowest BCUT2D eigenvalue weighted by Gasteiger charge is -2.32. The van der Waals surface area contributed by atoms with Gasteiger partial charge in [0.2, 0.25) is 0 Å². The summed E-state index contributed by atoms with van der Waals surface area (Å²) >= 11 is 0. The number of ether oxygens (including phenoxy) is 2. The Bertz CT molecular complexity index is 607.